The lowest BCUT2D eigenvalue weighted by atomic mass is 9.89. The van der Waals surface area contributed by atoms with Crippen LogP contribution in [0.4, 0.5) is 5.13 Å². The Bertz CT molecular complexity index is 453. The van der Waals surface area contributed by atoms with E-state index in [2.05, 4.69) is 18.7 Å². The molecule has 4 heteroatoms. The lowest BCUT2D eigenvalue weighted by Gasteiger charge is -2.20. The molecule has 1 unspecified atom stereocenters. The van der Waals surface area contributed by atoms with Crippen molar-refractivity contribution in [2.45, 2.75) is 58.5 Å². The molecule has 1 N–H and O–H groups in total. The fraction of sp³-hybridized carbons (Fsp3) is 0.812. The van der Waals surface area contributed by atoms with Gasteiger partial charge < -0.3 is 10.0 Å². The normalized spacial score (nSPS) is 24.2. The number of hydrogen-bond donors (Lipinski definition) is 1. The second kappa shape index (κ2) is 6.02. The second-order valence-corrected chi connectivity index (χ2v) is 7.72. The summed E-state index contributed by atoms with van der Waals surface area (Å²) in [5.41, 5.74) is 1.19. The Hall–Kier alpha value is -0.610. The standard InChI is InChI=1S/C16H26N2OS/c1-11(2)12-4-3-8-18(9-7-12)16-17-15(13-5-6-13)14(10-19)20-16/h11-13,19H,3-10H2,1-2H3. The quantitative estimate of drug-likeness (QED) is 0.918. The highest BCUT2D eigenvalue weighted by Crippen LogP contribution is 2.44. The maximum atomic E-state index is 9.53. The lowest BCUT2D eigenvalue weighted by Crippen LogP contribution is -2.24. The zero-order chi connectivity index (χ0) is 14.1. The first kappa shape index (κ1) is 14.3. The molecule has 3 nitrogen and oxygen atoms in total. The highest BCUT2D eigenvalue weighted by Gasteiger charge is 2.30. The Kier molecular flexibility index (Phi) is 4.32. The highest BCUT2D eigenvalue weighted by atomic mass is 32.1. The van der Waals surface area contributed by atoms with Gasteiger partial charge in [-0.3, -0.25) is 0 Å². The summed E-state index contributed by atoms with van der Waals surface area (Å²) in [6.45, 7) is 7.11. The maximum absolute atomic E-state index is 9.53. The van der Waals surface area contributed by atoms with Gasteiger partial charge in [0.05, 0.1) is 17.2 Å². The van der Waals surface area contributed by atoms with Crippen LogP contribution >= 0.6 is 11.3 Å². The van der Waals surface area contributed by atoms with Crippen molar-refractivity contribution < 1.29 is 5.11 Å². The van der Waals surface area contributed by atoms with E-state index in [1.54, 1.807) is 11.3 Å². The maximum Gasteiger partial charge on any atom is 0.185 e. The van der Waals surface area contributed by atoms with Crippen LogP contribution in [0.1, 0.15) is 62.4 Å². The van der Waals surface area contributed by atoms with Crippen LogP contribution in [-0.2, 0) is 6.61 Å². The molecule has 0 bridgehead atoms. The number of anilines is 1. The first-order valence-corrected chi connectivity index (χ1v) is 8.86. The monoisotopic (exact) mass is 294 g/mol. The van der Waals surface area contributed by atoms with E-state index in [1.165, 1.54) is 37.8 Å². The van der Waals surface area contributed by atoms with E-state index in [1.807, 2.05) is 0 Å². The van der Waals surface area contributed by atoms with Crippen molar-refractivity contribution in [1.29, 1.82) is 0 Å². The molecule has 0 spiro atoms. The Balaban J connectivity index is 1.72. The van der Waals surface area contributed by atoms with Gasteiger partial charge in [0.25, 0.3) is 0 Å². The Morgan fingerprint density at radius 2 is 2.05 bits per heavy atom. The fourth-order valence-electron chi connectivity index (χ4n) is 3.26. The summed E-state index contributed by atoms with van der Waals surface area (Å²) in [6.07, 6.45) is 6.42. The largest absolute Gasteiger partial charge is 0.391 e. The summed E-state index contributed by atoms with van der Waals surface area (Å²) in [7, 11) is 0. The smallest absolute Gasteiger partial charge is 0.185 e. The predicted octanol–water partition coefficient (Wildman–Crippen LogP) is 3.78. The van der Waals surface area contributed by atoms with Crippen LogP contribution in [-0.4, -0.2) is 23.2 Å². The molecule has 1 aliphatic carbocycles. The first-order valence-electron chi connectivity index (χ1n) is 8.04. The van der Waals surface area contributed by atoms with Crippen molar-refractivity contribution in [2.75, 3.05) is 18.0 Å². The summed E-state index contributed by atoms with van der Waals surface area (Å²) in [5.74, 6) is 2.29. The number of aliphatic hydroxyl groups excluding tert-OH is 1. The van der Waals surface area contributed by atoms with Gasteiger partial charge in [-0.1, -0.05) is 25.2 Å². The molecular formula is C16H26N2OS. The summed E-state index contributed by atoms with van der Waals surface area (Å²) in [6, 6.07) is 0. The van der Waals surface area contributed by atoms with E-state index in [0.717, 1.165) is 34.9 Å². The average molecular weight is 294 g/mol. The van der Waals surface area contributed by atoms with Crippen LogP contribution in [0.25, 0.3) is 0 Å². The van der Waals surface area contributed by atoms with Crippen molar-refractivity contribution in [3.8, 4) is 0 Å². The van der Waals surface area contributed by atoms with Crippen molar-refractivity contribution in [3.05, 3.63) is 10.6 Å². The molecule has 112 valence electrons. The van der Waals surface area contributed by atoms with E-state index < -0.39 is 0 Å². The molecule has 1 aromatic heterocycles. The molecule has 1 aromatic rings. The topological polar surface area (TPSA) is 36.4 Å². The molecular weight excluding hydrogens is 268 g/mol. The molecule has 1 saturated heterocycles. The Labute approximate surface area is 126 Å². The number of nitrogens with zero attached hydrogens (tertiary/aromatic N) is 2. The predicted molar refractivity (Wildman–Crippen MR) is 84.4 cm³/mol. The van der Waals surface area contributed by atoms with Crippen molar-refractivity contribution >= 4 is 16.5 Å². The molecule has 2 fully saturated rings. The molecule has 0 amide bonds. The van der Waals surface area contributed by atoms with E-state index in [0.29, 0.717) is 5.92 Å². The van der Waals surface area contributed by atoms with E-state index in [4.69, 9.17) is 4.98 Å². The molecule has 0 aromatic carbocycles. The third-order valence-electron chi connectivity index (χ3n) is 4.81. The molecule has 2 heterocycles. The van der Waals surface area contributed by atoms with Crippen molar-refractivity contribution in [1.82, 2.24) is 4.98 Å². The fourth-order valence-corrected chi connectivity index (χ4v) is 4.31. The molecule has 2 aliphatic rings. The van der Waals surface area contributed by atoms with Gasteiger partial charge in [-0.25, -0.2) is 4.98 Å². The van der Waals surface area contributed by atoms with E-state index >= 15 is 0 Å². The van der Waals surface area contributed by atoms with Crippen LogP contribution in [0.5, 0.6) is 0 Å². The minimum absolute atomic E-state index is 0.159. The van der Waals surface area contributed by atoms with Gasteiger partial charge in [0.1, 0.15) is 0 Å². The van der Waals surface area contributed by atoms with Crippen molar-refractivity contribution in [2.24, 2.45) is 11.8 Å². The summed E-state index contributed by atoms with van der Waals surface area (Å²) >= 11 is 1.72. The SMILES string of the molecule is CC(C)C1CCCN(c2nc(C3CC3)c(CO)s2)CC1. The van der Waals surface area contributed by atoms with E-state index in [-0.39, 0.29) is 6.61 Å². The third kappa shape index (κ3) is 3.01. The zero-order valence-corrected chi connectivity index (χ0v) is 13.5. The van der Waals surface area contributed by atoms with Crippen molar-refractivity contribution in [3.63, 3.8) is 0 Å². The summed E-state index contributed by atoms with van der Waals surface area (Å²) in [4.78, 5) is 8.42. The van der Waals surface area contributed by atoms with Gasteiger partial charge in [0.15, 0.2) is 5.13 Å². The molecule has 3 rings (SSSR count). The number of aromatic nitrogens is 1. The molecule has 1 atom stereocenters. The Morgan fingerprint density at radius 3 is 2.70 bits per heavy atom. The van der Waals surface area contributed by atoms with Gasteiger partial charge in [0.2, 0.25) is 0 Å². The molecule has 20 heavy (non-hydrogen) atoms. The van der Waals surface area contributed by atoms with E-state index in [9.17, 15) is 5.11 Å². The second-order valence-electron chi connectivity index (χ2n) is 6.66. The van der Waals surface area contributed by atoms with Gasteiger partial charge >= 0.3 is 0 Å². The molecule has 0 radical (unpaired) electrons. The zero-order valence-electron chi connectivity index (χ0n) is 12.6. The minimum atomic E-state index is 0.159. The number of aliphatic hydroxyl groups is 1. The van der Waals surface area contributed by atoms with Crippen LogP contribution in [0.2, 0.25) is 0 Å². The lowest BCUT2D eigenvalue weighted by molar-refractivity contribution is 0.284. The average Bonchev–Trinajstić information content (AvgIpc) is 3.22. The van der Waals surface area contributed by atoms with Gasteiger partial charge in [0, 0.05) is 19.0 Å². The van der Waals surface area contributed by atoms with Crippen LogP contribution in [0.3, 0.4) is 0 Å². The van der Waals surface area contributed by atoms with Crippen LogP contribution in [0, 0.1) is 11.8 Å². The van der Waals surface area contributed by atoms with Gasteiger partial charge in [-0.2, -0.15) is 0 Å². The Morgan fingerprint density at radius 1 is 1.25 bits per heavy atom. The number of hydrogen-bond acceptors (Lipinski definition) is 4. The first-order chi connectivity index (χ1) is 9.69. The third-order valence-corrected chi connectivity index (χ3v) is 5.93. The molecule has 1 aliphatic heterocycles. The number of thiazole rings is 1. The van der Waals surface area contributed by atoms with Gasteiger partial charge in [-0.05, 0) is 43.9 Å². The minimum Gasteiger partial charge on any atom is -0.391 e. The van der Waals surface area contributed by atoms with Crippen LogP contribution in [0.15, 0.2) is 0 Å². The summed E-state index contributed by atoms with van der Waals surface area (Å²) < 4.78 is 0. The van der Waals surface area contributed by atoms with Gasteiger partial charge in [-0.15, -0.1) is 0 Å². The number of rotatable bonds is 4. The molecule has 1 saturated carbocycles. The highest BCUT2D eigenvalue weighted by molar-refractivity contribution is 7.15. The summed E-state index contributed by atoms with van der Waals surface area (Å²) in [5, 5.41) is 10.7. The van der Waals surface area contributed by atoms with Crippen LogP contribution < -0.4 is 4.90 Å².